The first kappa shape index (κ1) is 31.4. The zero-order valence-corrected chi connectivity index (χ0v) is 25.4. The van der Waals surface area contributed by atoms with Crippen molar-refractivity contribution in [3.63, 3.8) is 0 Å². The van der Waals surface area contributed by atoms with E-state index in [-0.39, 0.29) is 12.5 Å². The molecule has 0 unspecified atom stereocenters. The predicted molar refractivity (Wildman–Crippen MR) is 160 cm³/mol. The van der Waals surface area contributed by atoms with Gasteiger partial charge >= 0.3 is 5.97 Å². The monoisotopic (exact) mass is 604 g/mol. The Morgan fingerprint density at radius 1 is 0.872 bits per heavy atom. The molecule has 39 heavy (non-hydrogen) atoms. The van der Waals surface area contributed by atoms with Crippen molar-refractivity contribution in [3.05, 3.63) is 46.9 Å². The van der Waals surface area contributed by atoms with Crippen LogP contribution in [0.15, 0.2) is 46.9 Å². The van der Waals surface area contributed by atoms with Crippen molar-refractivity contribution in [2.45, 2.75) is 110 Å². The topological polar surface area (TPSA) is 44.8 Å². The molecule has 4 nitrogen and oxygen atoms in total. The molecule has 1 aliphatic rings. The van der Waals surface area contributed by atoms with Gasteiger partial charge in [0.25, 0.3) is 0 Å². The molecule has 216 valence electrons. The highest BCUT2D eigenvalue weighted by molar-refractivity contribution is 9.10. The summed E-state index contributed by atoms with van der Waals surface area (Å²) in [5.41, 5.74) is 2.25. The molecule has 6 heteroatoms. The number of carbonyl (C=O) groups excluding carboxylic acids is 1. The third-order valence-electron chi connectivity index (χ3n) is 7.50. The Morgan fingerprint density at radius 3 is 2.23 bits per heavy atom. The second kappa shape index (κ2) is 17.6. The summed E-state index contributed by atoms with van der Waals surface area (Å²) in [6.45, 7) is 5.61. The summed E-state index contributed by atoms with van der Waals surface area (Å²) in [7, 11) is 0. The average Bonchev–Trinajstić information content (AvgIpc) is 2.96. The molecule has 3 rings (SSSR count). The number of rotatable bonds is 17. The van der Waals surface area contributed by atoms with E-state index in [2.05, 4.69) is 47.1 Å². The van der Waals surface area contributed by atoms with Crippen LogP contribution >= 0.6 is 15.9 Å². The SMILES string of the molecule is CCCCCCCCOc1ccc(-c2ccc(OCC3CCC(OC(=O)[C@@H](F)CCCC)CC3)cc2)cc1Br. The van der Waals surface area contributed by atoms with Crippen molar-refractivity contribution < 1.29 is 23.4 Å². The van der Waals surface area contributed by atoms with E-state index < -0.39 is 12.1 Å². The molecule has 0 bridgehead atoms. The van der Waals surface area contributed by atoms with E-state index in [1.807, 2.05) is 25.1 Å². The fourth-order valence-corrected chi connectivity index (χ4v) is 5.47. The standard InChI is InChI=1S/C33H46BrFO4/c1-3-5-7-8-9-10-22-37-32-21-16-27(23-30(32)34)26-14-19-28(20-15-26)38-24-25-12-17-29(18-13-25)39-33(36)31(35)11-6-4-2/h14-16,19-21,23,25,29,31H,3-13,17-18,22,24H2,1-2H3/t25?,29?,31-/m0/s1. The fraction of sp³-hybridized carbons (Fsp3) is 0.606. The van der Waals surface area contributed by atoms with E-state index in [0.29, 0.717) is 18.9 Å². The van der Waals surface area contributed by atoms with Gasteiger partial charge in [0.2, 0.25) is 0 Å². The van der Waals surface area contributed by atoms with Crippen LogP contribution in [-0.2, 0) is 9.53 Å². The molecule has 0 aromatic heterocycles. The number of esters is 1. The van der Waals surface area contributed by atoms with Gasteiger partial charge in [0.15, 0.2) is 6.17 Å². The van der Waals surface area contributed by atoms with Gasteiger partial charge in [-0.15, -0.1) is 0 Å². The Labute approximate surface area is 243 Å². The molecular weight excluding hydrogens is 559 g/mol. The van der Waals surface area contributed by atoms with Gasteiger partial charge in [-0.25, -0.2) is 9.18 Å². The number of alkyl halides is 1. The van der Waals surface area contributed by atoms with Gasteiger partial charge in [-0.3, -0.25) is 0 Å². The second-order valence-electron chi connectivity index (χ2n) is 10.8. The highest BCUT2D eigenvalue weighted by Gasteiger charge is 2.27. The molecule has 1 saturated carbocycles. The number of halogens is 2. The van der Waals surface area contributed by atoms with Gasteiger partial charge in [-0.2, -0.15) is 0 Å². The van der Waals surface area contributed by atoms with E-state index >= 15 is 0 Å². The Hall–Kier alpha value is -2.08. The first-order chi connectivity index (χ1) is 19.0. The van der Waals surface area contributed by atoms with Crippen molar-refractivity contribution in [1.82, 2.24) is 0 Å². The van der Waals surface area contributed by atoms with E-state index in [9.17, 15) is 9.18 Å². The average molecular weight is 606 g/mol. The van der Waals surface area contributed by atoms with Gasteiger partial charge < -0.3 is 14.2 Å². The minimum atomic E-state index is -1.49. The predicted octanol–water partition coefficient (Wildman–Crippen LogP) is 9.86. The minimum Gasteiger partial charge on any atom is -0.493 e. The quantitative estimate of drug-likeness (QED) is 0.133. The summed E-state index contributed by atoms with van der Waals surface area (Å²) in [6, 6.07) is 14.4. The lowest BCUT2D eigenvalue weighted by molar-refractivity contribution is -0.157. The maximum Gasteiger partial charge on any atom is 0.340 e. The van der Waals surface area contributed by atoms with Gasteiger partial charge in [0.1, 0.15) is 17.6 Å². The van der Waals surface area contributed by atoms with Gasteiger partial charge in [-0.05, 0) is 95.8 Å². The molecule has 0 radical (unpaired) electrons. The first-order valence-electron chi connectivity index (χ1n) is 15.0. The first-order valence-corrected chi connectivity index (χ1v) is 15.8. The van der Waals surface area contributed by atoms with Crippen LogP contribution < -0.4 is 9.47 Å². The summed E-state index contributed by atoms with van der Waals surface area (Å²) in [5.74, 6) is 1.46. The molecule has 0 spiro atoms. The zero-order valence-electron chi connectivity index (χ0n) is 23.8. The number of ether oxygens (including phenoxy) is 3. The third kappa shape index (κ3) is 11.1. The van der Waals surface area contributed by atoms with E-state index in [4.69, 9.17) is 14.2 Å². The minimum absolute atomic E-state index is 0.167. The van der Waals surface area contributed by atoms with Gasteiger partial charge in [0, 0.05) is 0 Å². The number of unbranched alkanes of at least 4 members (excludes halogenated alkanes) is 6. The van der Waals surface area contributed by atoms with Crippen LogP contribution in [0, 0.1) is 5.92 Å². The Kier molecular flexibility index (Phi) is 14.2. The van der Waals surface area contributed by atoms with Crippen LogP contribution in [0.1, 0.15) is 97.3 Å². The van der Waals surface area contributed by atoms with Crippen LogP contribution in [0.5, 0.6) is 11.5 Å². The van der Waals surface area contributed by atoms with Crippen LogP contribution in [-0.4, -0.2) is 31.5 Å². The molecule has 0 N–H and O–H groups in total. The summed E-state index contributed by atoms with van der Waals surface area (Å²) in [6.07, 6.45) is 11.1. The molecule has 1 aliphatic carbocycles. The Bertz CT molecular complexity index is 972. The van der Waals surface area contributed by atoms with Gasteiger partial charge in [0.05, 0.1) is 17.7 Å². The van der Waals surface area contributed by atoms with Crippen LogP contribution in [0.25, 0.3) is 11.1 Å². The highest BCUT2D eigenvalue weighted by atomic mass is 79.9. The summed E-state index contributed by atoms with van der Waals surface area (Å²) < 4.78 is 32.3. The maximum absolute atomic E-state index is 13.9. The van der Waals surface area contributed by atoms with Crippen LogP contribution in [0.3, 0.4) is 0 Å². The summed E-state index contributed by atoms with van der Waals surface area (Å²) >= 11 is 3.67. The Morgan fingerprint density at radius 2 is 1.54 bits per heavy atom. The smallest absolute Gasteiger partial charge is 0.340 e. The molecule has 1 fully saturated rings. The number of carbonyl (C=O) groups is 1. The van der Waals surface area contributed by atoms with E-state index in [0.717, 1.165) is 72.2 Å². The fourth-order valence-electron chi connectivity index (χ4n) is 4.98. The zero-order chi connectivity index (χ0) is 27.9. The molecule has 2 aromatic carbocycles. The van der Waals surface area contributed by atoms with Crippen molar-refractivity contribution >= 4 is 21.9 Å². The number of hydrogen-bond acceptors (Lipinski definition) is 4. The van der Waals surface area contributed by atoms with Crippen LogP contribution in [0.4, 0.5) is 4.39 Å². The third-order valence-corrected chi connectivity index (χ3v) is 8.12. The van der Waals surface area contributed by atoms with Gasteiger partial charge in [-0.1, -0.05) is 77.0 Å². The normalized spacial score (nSPS) is 17.9. The second-order valence-corrected chi connectivity index (χ2v) is 11.6. The molecule has 0 heterocycles. The number of benzene rings is 2. The maximum atomic E-state index is 13.9. The highest BCUT2D eigenvalue weighted by Crippen LogP contribution is 2.32. The molecule has 0 saturated heterocycles. The van der Waals surface area contributed by atoms with E-state index in [1.54, 1.807) is 0 Å². The number of hydrogen-bond donors (Lipinski definition) is 0. The summed E-state index contributed by atoms with van der Waals surface area (Å²) in [5, 5.41) is 0. The van der Waals surface area contributed by atoms with Crippen molar-refractivity contribution in [2.75, 3.05) is 13.2 Å². The van der Waals surface area contributed by atoms with Crippen molar-refractivity contribution in [1.29, 1.82) is 0 Å². The molecule has 0 amide bonds. The van der Waals surface area contributed by atoms with Crippen molar-refractivity contribution in [3.8, 4) is 22.6 Å². The van der Waals surface area contributed by atoms with Crippen molar-refractivity contribution in [2.24, 2.45) is 5.92 Å². The largest absolute Gasteiger partial charge is 0.493 e. The van der Waals surface area contributed by atoms with E-state index in [1.165, 1.54) is 32.1 Å². The molecule has 0 aliphatic heterocycles. The lowest BCUT2D eigenvalue weighted by Gasteiger charge is -2.28. The molecule has 2 aromatic rings. The molecule has 1 atom stereocenters. The lowest BCUT2D eigenvalue weighted by Crippen LogP contribution is -2.30. The molecular formula is C33H46BrFO4. The Balaban J connectivity index is 1.37. The van der Waals surface area contributed by atoms with Crippen LogP contribution in [0.2, 0.25) is 0 Å². The lowest BCUT2D eigenvalue weighted by atomic mass is 9.88. The summed E-state index contributed by atoms with van der Waals surface area (Å²) in [4.78, 5) is 11.9.